The van der Waals surface area contributed by atoms with Gasteiger partial charge in [0.15, 0.2) is 0 Å². The smallest absolute Gasteiger partial charge is 0.405 e. The first kappa shape index (κ1) is 16.3. The molecule has 4 nitrogen and oxygen atoms in total. The lowest BCUT2D eigenvalue weighted by molar-refractivity contribution is -0.274. The Morgan fingerprint density at radius 1 is 1.17 bits per heavy atom. The van der Waals surface area contributed by atoms with E-state index in [1.165, 1.54) is 18.2 Å². The largest absolute Gasteiger partial charge is 0.573 e. The Balaban J connectivity index is 2.31. The summed E-state index contributed by atoms with van der Waals surface area (Å²) in [6.45, 7) is 0. The number of para-hydroxylation sites is 1. The molecule has 1 N–H and O–H groups in total. The number of hydrogen-bond donors (Lipinski definition) is 1. The summed E-state index contributed by atoms with van der Waals surface area (Å²) in [5.74, 6) is -0.430. The van der Waals surface area contributed by atoms with Gasteiger partial charge in [0.2, 0.25) is 4.74 Å². The maximum Gasteiger partial charge on any atom is 0.573 e. The number of rotatable bonds is 3. The molecular weight excluding hydrogens is 341 g/mol. The van der Waals surface area contributed by atoms with Gasteiger partial charge < -0.3 is 10.1 Å². The molecule has 0 atom stereocenters. The van der Waals surface area contributed by atoms with Gasteiger partial charge in [-0.15, -0.1) is 13.2 Å². The van der Waals surface area contributed by atoms with Gasteiger partial charge in [0.25, 0.3) is 0 Å². The third kappa shape index (κ3) is 3.05. The third-order valence-electron chi connectivity index (χ3n) is 3.30. The second kappa shape index (κ2) is 6.12. The highest BCUT2D eigenvalue weighted by molar-refractivity contribution is 7.16. The number of alkyl halides is 3. The number of ether oxygens (including phenoxy) is 1. The first-order valence-electron chi connectivity index (χ1n) is 6.85. The van der Waals surface area contributed by atoms with Gasteiger partial charge in [-0.3, -0.25) is 9.78 Å². The molecule has 3 aromatic rings. The van der Waals surface area contributed by atoms with Crippen LogP contribution in [0, 0.1) is 0 Å². The molecule has 2 aromatic heterocycles. The van der Waals surface area contributed by atoms with Gasteiger partial charge in [-0.2, -0.15) is 0 Å². The summed E-state index contributed by atoms with van der Waals surface area (Å²) in [6.07, 6.45) is -3.29. The highest BCUT2D eigenvalue weighted by Gasteiger charge is 2.32. The molecule has 2 heterocycles. The van der Waals surface area contributed by atoms with Crippen LogP contribution in [0.25, 0.3) is 21.3 Å². The lowest BCUT2D eigenvalue weighted by Crippen LogP contribution is -2.18. The fraction of sp³-hybridized carbons (Fsp3) is 0.125. The van der Waals surface area contributed by atoms with Gasteiger partial charge in [0.1, 0.15) is 11.3 Å². The van der Waals surface area contributed by atoms with Crippen molar-refractivity contribution < 1.29 is 17.9 Å². The molecule has 0 aliphatic heterocycles. The highest BCUT2D eigenvalue weighted by Crippen LogP contribution is 2.38. The van der Waals surface area contributed by atoms with Gasteiger partial charge in [-0.1, -0.05) is 29.5 Å². The van der Waals surface area contributed by atoms with E-state index in [1.54, 1.807) is 31.4 Å². The molecule has 0 saturated heterocycles. The van der Waals surface area contributed by atoms with Crippen LogP contribution >= 0.6 is 11.3 Å². The molecule has 8 heteroatoms. The minimum atomic E-state index is -4.85. The first-order valence-corrected chi connectivity index (χ1v) is 7.67. The van der Waals surface area contributed by atoms with E-state index in [2.05, 4.69) is 15.0 Å². The van der Waals surface area contributed by atoms with Crippen molar-refractivity contribution >= 4 is 27.2 Å². The van der Waals surface area contributed by atoms with Crippen molar-refractivity contribution in [3.63, 3.8) is 0 Å². The maximum atomic E-state index is 12.6. The fourth-order valence-electron chi connectivity index (χ4n) is 2.41. The van der Waals surface area contributed by atoms with Crippen LogP contribution in [0.5, 0.6) is 5.75 Å². The molecule has 0 bridgehead atoms. The molecule has 0 aliphatic rings. The quantitative estimate of drug-likeness (QED) is 0.765. The zero-order chi connectivity index (χ0) is 17.3. The third-order valence-corrected chi connectivity index (χ3v) is 4.24. The number of nitrogens with one attached hydrogen (secondary N) is 1. The molecule has 0 fully saturated rings. The number of pyridine rings is 1. The molecule has 124 valence electrons. The number of hydrogen-bond acceptors (Lipinski definition) is 5. The van der Waals surface area contributed by atoms with Crippen LogP contribution in [0.2, 0.25) is 0 Å². The molecule has 24 heavy (non-hydrogen) atoms. The van der Waals surface area contributed by atoms with Crippen LogP contribution in [0.1, 0.15) is 0 Å². The predicted octanol–water partition coefficient (Wildman–Crippen LogP) is 4.26. The van der Waals surface area contributed by atoms with Crippen molar-refractivity contribution in [3.05, 3.63) is 52.1 Å². The summed E-state index contributed by atoms with van der Waals surface area (Å²) in [7, 11) is 1.59. The van der Waals surface area contributed by atoms with E-state index in [4.69, 9.17) is 0 Å². The van der Waals surface area contributed by atoms with Crippen molar-refractivity contribution in [2.45, 2.75) is 6.36 Å². The zero-order valence-corrected chi connectivity index (χ0v) is 13.2. The summed E-state index contributed by atoms with van der Waals surface area (Å²) in [5, 5.41) is 2.88. The van der Waals surface area contributed by atoms with Crippen LogP contribution in [0.3, 0.4) is 0 Å². The molecule has 0 radical (unpaired) electrons. The van der Waals surface area contributed by atoms with Gasteiger partial charge in [0.05, 0.1) is 16.0 Å². The predicted molar refractivity (Wildman–Crippen MR) is 87.6 cm³/mol. The van der Waals surface area contributed by atoms with Crippen molar-refractivity contribution in [1.82, 2.24) is 4.98 Å². The van der Waals surface area contributed by atoms with E-state index in [1.807, 2.05) is 0 Å². The summed E-state index contributed by atoms with van der Waals surface area (Å²) in [5.41, 5.74) is 1.05. The summed E-state index contributed by atoms with van der Waals surface area (Å²) >= 11 is 0.925. The Morgan fingerprint density at radius 2 is 1.92 bits per heavy atom. The van der Waals surface area contributed by atoms with Crippen LogP contribution in [-0.2, 0) is 0 Å². The number of aromatic nitrogens is 1. The van der Waals surface area contributed by atoms with Gasteiger partial charge >= 0.3 is 6.36 Å². The minimum absolute atomic E-state index is 0.0629. The van der Waals surface area contributed by atoms with Crippen molar-refractivity contribution in [1.29, 1.82) is 0 Å². The molecule has 0 aliphatic carbocycles. The van der Waals surface area contributed by atoms with Crippen molar-refractivity contribution in [2.75, 3.05) is 12.4 Å². The van der Waals surface area contributed by atoms with Gasteiger partial charge in [0, 0.05) is 18.8 Å². The zero-order valence-electron chi connectivity index (χ0n) is 12.3. The van der Waals surface area contributed by atoms with E-state index >= 15 is 0 Å². The number of nitrogens with zero attached hydrogens (tertiary/aromatic N) is 1. The Labute approximate surface area is 138 Å². The number of benzene rings is 1. The van der Waals surface area contributed by atoms with Crippen LogP contribution in [0.15, 0.2) is 47.4 Å². The van der Waals surface area contributed by atoms with Crippen LogP contribution < -0.4 is 14.8 Å². The standard InChI is InChI=1S/C16H11F3N2O2S/c1-20-14-12(15(22)24-11-7-4-8-21-13(11)14)9-5-2-3-6-10(9)23-16(17,18)19/h2-8,20H,1H3. The molecule has 1 aromatic carbocycles. The average Bonchev–Trinajstić information content (AvgIpc) is 2.53. The number of halogens is 3. The minimum Gasteiger partial charge on any atom is -0.405 e. The Bertz CT molecular complexity index is 954. The number of fused-ring (bicyclic) bond motifs is 1. The van der Waals surface area contributed by atoms with E-state index in [-0.39, 0.29) is 15.9 Å². The summed E-state index contributed by atoms with van der Waals surface area (Å²) < 4.78 is 42.3. The van der Waals surface area contributed by atoms with Crippen molar-refractivity contribution in [2.24, 2.45) is 0 Å². The summed E-state index contributed by atoms with van der Waals surface area (Å²) in [4.78, 5) is 16.8. The topological polar surface area (TPSA) is 51.2 Å². The van der Waals surface area contributed by atoms with E-state index in [9.17, 15) is 18.0 Å². The van der Waals surface area contributed by atoms with Crippen LogP contribution in [-0.4, -0.2) is 18.4 Å². The fourth-order valence-corrected chi connectivity index (χ4v) is 3.32. The van der Waals surface area contributed by atoms with Crippen LogP contribution in [0.4, 0.5) is 18.9 Å². The van der Waals surface area contributed by atoms with Gasteiger partial charge in [-0.25, -0.2) is 0 Å². The van der Waals surface area contributed by atoms with E-state index in [0.717, 1.165) is 11.3 Å². The number of anilines is 1. The second-order valence-electron chi connectivity index (χ2n) is 4.78. The average molecular weight is 352 g/mol. The Hall–Kier alpha value is -2.61. The molecule has 0 spiro atoms. The highest BCUT2D eigenvalue weighted by atomic mass is 32.1. The van der Waals surface area contributed by atoms with Crippen molar-refractivity contribution in [3.8, 4) is 16.9 Å². The van der Waals surface area contributed by atoms with E-state index in [0.29, 0.717) is 15.9 Å². The SMILES string of the molecule is CNc1c(-c2ccccc2OC(F)(F)F)c(=O)sc2cccnc12. The van der Waals surface area contributed by atoms with E-state index < -0.39 is 12.1 Å². The normalized spacial score (nSPS) is 11.5. The molecule has 3 rings (SSSR count). The summed E-state index contributed by atoms with van der Waals surface area (Å²) in [6, 6.07) is 8.98. The molecule has 0 unspecified atom stereocenters. The lowest BCUT2D eigenvalue weighted by Gasteiger charge is -2.15. The molecular formula is C16H11F3N2O2S. The lowest BCUT2D eigenvalue weighted by atomic mass is 10.0. The Kier molecular flexibility index (Phi) is 4.15. The Morgan fingerprint density at radius 3 is 2.62 bits per heavy atom. The van der Waals surface area contributed by atoms with Gasteiger partial charge in [-0.05, 0) is 18.2 Å². The second-order valence-corrected chi connectivity index (χ2v) is 5.80. The molecule has 0 saturated carbocycles. The monoisotopic (exact) mass is 352 g/mol. The first-order chi connectivity index (χ1) is 11.4. The maximum absolute atomic E-state index is 12.6. The molecule has 0 amide bonds.